The van der Waals surface area contributed by atoms with Crippen LogP contribution in [0.25, 0.3) is 16.9 Å². The molecule has 2 aromatic carbocycles. The van der Waals surface area contributed by atoms with Gasteiger partial charge in [-0.3, -0.25) is 0 Å². The highest BCUT2D eigenvalue weighted by molar-refractivity contribution is 7.90. The summed E-state index contributed by atoms with van der Waals surface area (Å²) >= 11 is 0. The lowest BCUT2D eigenvalue weighted by atomic mass is 10.1. The summed E-state index contributed by atoms with van der Waals surface area (Å²) in [6.45, 7) is 0. The van der Waals surface area contributed by atoms with Crippen molar-refractivity contribution in [1.82, 2.24) is 9.78 Å². The molecule has 8 heteroatoms. The van der Waals surface area contributed by atoms with E-state index in [4.69, 9.17) is 0 Å². The first-order valence-electron chi connectivity index (χ1n) is 7.21. The number of sulfone groups is 1. The van der Waals surface area contributed by atoms with E-state index in [0.29, 0.717) is 5.69 Å². The van der Waals surface area contributed by atoms with Crippen molar-refractivity contribution < 1.29 is 21.6 Å². The van der Waals surface area contributed by atoms with Gasteiger partial charge in [0.2, 0.25) is 0 Å². The summed E-state index contributed by atoms with van der Waals surface area (Å²) in [6.07, 6.45) is -1.89. The second-order valence-corrected chi connectivity index (χ2v) is 7.40. The van der Waals surface area contributed by atoms with Gasteiger partial charge in [0.05, 0.1) is 11.4 Å². The molecule has 0 N–H and O–H groups in total. The first-order valence-corrected chi connectivity index (χ1v) is 9.10. The fourth-order valence-electron chi connectivity index (χ4n) is 2.44. The van der Waals surface area contributed by atoms with Gasteiger partial charge in [0.25, 0.3) is 6.43 Å². The smallest absolute Gasteiger partial charge is 0.233 e. The molecule has 0 aliphatic carbocycles. The predicted octanol–water partition coefficient (Wildman–Crippen LogP) is 4.02. The van der Waals surface area contributed by atoms with E-state index in [1.165, 1.54) is 10.7 Å². The van der Waals surface area contributed by atoms with E-state index < -0.39 is 32.7 Å². The standard InChI is InChI=1S/C17H13F3N2O2S/c1-25(23,24)16-8-7-11(9-13(16)18)15-10-14(17(19)20)21-22(15)12-5-3-2-4-6-12/h2-10,17H,1H3. The van der Waals surface area contributed by atoms with Crippen LogP contribution in [0.4, 0.5) is 13.2 Å². The summed E-state index contributed by atoms with van der Waals surface area (Å²) in [5, 5.41) is 3.88. The number of para-hydroxylation sites is 1. The number of hydrogen-bond donors (Lipinski definition) is 0. The van der Waals surface area contributed by atoms with Crippen LogP contribution in [0.1, 0.15) is 12.1 Å². The van der Waals surface area contributed by atoms with Crippen LogP contribution in [-0.4, -0.2) is 24.5 Å². The zero-order chi connectivity index (χ0) is 18.2. The maximum absolute atomic E-state index is 14.2. The second kappa shape index (κ2) is 6.36. The van der Waals surface area contributed by atoms with Gasteiger partial charge >= 0.3 is 0 Å². The molecule has 130 valence electrons. The Morgan fingerprint density at radius 3 is 2.28 bits per heavy atom. The van der Waals surface area contributed by atoms with Crippen molar-refractivity contribution in [1.29, 1.82) is 0 Å². The lowest BCUT2D eigenvalue weighted by molar-refractivity contribution is 0.145. The molecule has 0 aliphatic rings. The van der Waals surface area contributed by atoms with Crippen molar-refractivity contribution in [3.8, 4) is 16.9 Å². The number of hydrogen-bond acceptors (Lipinski definition) is 3. The third kappa shape index (κ3) is 3.43. The molecule has 0 aliphatic heterocycles. The molecule has 0 spiro atoms. The Balaban J connectivity index is 2.19. The van der Waals surface area contributed by atoms with Gasteiger partial charge in [-0.25, -0.2) is 26.3 Å². The monoisotopic (exact) mass is 366 g/mol. The average Bonchev–Trinajstić information content (AvgIpc) is 3.00. The minimum atomic E-state index is -3.72. The molecule has 0 radical (unpaired) electrons. The summed E-state index contributed by atoms with van der Waals surface area (Å²) in [7, 11) is -3.72. The molecular formula is C17H13F3N2O2S. The van der Waals surface area contributed by atoms with E-state index in [9.17, 15) is 21.6 Å². The number of alkyl halides is 2. The minimum Gasteiger partial charge on any atom is -0.233 e. The van der Waals surface area contributed by atoms with E-state index in [1.807, 2.05) is 0 Å². The fraction of sp³-hybridized carbons (Fsp3) is 0.118. The number of nitrogens with zero attached hydrogens (tertiary/aromatic N) is 2. The Kier molecular flexibility index (Phi) is 4.38. The molecule has 0 unspecified atom stereocenters. The van der Waals surface area contributed by atoms with Gasteiger partial charge in [0.1, 0.15) is 16.4 Å². The molecule has 1 heterocycles. The molecule has 3 rings (SSSR count). The molecule has 0 atom stereocenters. The SMILES string of the molecule is CS(=O)(=O)c1ccc(-c2cc(C(F)F)nn2-c2ccccc2)cc1F. The molecular weight excluding hydrogens is 353 g/mol. The predicted molar refractivity (Wildman–Crippen MR) is 87.0 cm³/mol. The molecule has 4 nitrogen and oxygen atoms in total. The van der Waals surface area contributed by atoms with Crippen LogP contribution in [0.5, 0.6) is 0 Å². The highest BCUT2D eigenvalue weighted by Crippen LogP contribution is 2.30. The molecule has 0 fully saturated rings. The van der Waals surface area contributed by atoms with Crippen molar-refractivity contribution in [2.75, 3.05) is 6.26 Å². The zero-order valence-corrected chi connectivity index (χ0v) is 13.8. The van der Waals surface area contributed by atoms with Crippen LogP contribution in [0.15, 0.2) is 59.5 Å². The zero-order valence-electron chi connectivity index (χ0n) is 13.0. The van der Waals surface area contributed by atoms with Gasteiger partial charge < -0.3 is 0 Å². The van der Waals surface area contributed by atoms with Gasteiger partial charge in [-0.2, -0.15) is 5.10 Å². The lowest BCUT2D eigenvalue weighted by Crippen LogP contribution is -2.02. The van der Waals surface area contributed by atoms with Crippen LogP contribution in [0.2, 0.25) is 0 Å². The van der Waals surface area contributed by atoms with Crippen molar-refractivity contribution >= 4 is 9.84 Å². The van der Waals surface area contributed by atoms with Crippen molar-refractivity contribution in [3.63, 3.8) is 0 Å². The van der Waals surface area contributed by atoms with Crippen LogP contribution in [-0.2, 0) is 9.84 Å². The molecule has 0 amide bonds. The first kappa shape index (κ1) is 17.2. The Morgan fingerprint density at radius 2 is 1.72 bits per heavy atom. The highest BCUT2D eigenvalue weighted by Gasteiger charge is 2.20. The Labute approximate surface area is 142 Å². The fourth-order valence-corrected chi connectivity index (χ4v) is 3.17. The van der Waals surface area contributed by atoms with Crippen LogP contribution < -0.4 is 0 Å². The third-order valence-corrected chi connectivity index (χ3v) is 4.71. The summed E-state index contributed by atoms with van der Waals surface area (Å²) in [6, 6.07) is 13.2. The molecule has 25 heavy (non-hydrogen) atoms. The lowest BCUT2D eigenvalue weighted by Gasteiger charge is -2.09. The van der Waals surface area contributed by atoms with Gasteiger partial charge in [-0.05, 0) is 30.3 Å². The number of benzene rings is 2. The van der Waals surface area contributed by atoms with Crippen molar-refractivity contribution in [2.24, 2.45) is 0 Å². The summed E-state index contributed by atoms with van der Waals surface area (Å²) in [5.41, 5.74) is 0.553. The van der Waals surface area contributed by atoms with Gasteiger partial charge in [0, 0.05) is 11.8 Å². The van der Waals surface area contributed by atoms with E-state index in [-0.39, 0.29) is 11.3 Å². The summed E-state index contributed by atoms with van der Waals surface area (Å²) in [4.78, 5) is -0.448. The maximum Gasteiger partial charge on any atom is 0.282 e. The van der Waals surface area contributed by atoms with Crippen molar-refractivity contribution in [3.05, 3.63) is 66.1 Å². The summed E-state index contributed by atoms with van der Waals surface area (Å²) < 4.78 is 64.6. The van der Waals surface area contributed by atoms with Crippen LogP contribution >= 0.6 is 0 Å². The van der Waals surface area contributed by atoms with Crippen LogP contribution in [0, 0.1) is 5.82 Å². The molecule has 3 aromatic rings. The van der Waals surface area contributed by atoms with E-state index >= 15 is 0 Å². The number of aromatic nitrogens is 2. The second-order valence-electron chi connectivity index (χ2n) is 5.42. The van der Waals surface area contributed by atoms with Crippen molar-refractivity contribution in [2.45, 2.75) is 11.3 Å². The number of halogens is 3. The average molecular weight is 366 g/mol. The van der Waals surface area contributed by atoms with Gasteiger partial charge in [-0.15, -0.1) is 0 Å². The molecule has 0 bridgehead atoms. The maximum atomic E-state index is 14.2. The first-order chi connectivity index (χ1) is 11.8. The van der Waals surface area contributed by atoms with E-state index in [2.05, 4.69) is 5.10 Å². The third-order valence-electron chi connectivity index (χ3n) is 3.58. The Morgan fingerprint density at radius 1 is 1.04 bits per heavy atom. The van der Waals surface area contributed by atoms with Gasteiger partial charge in [-0.1, -0.05) is 24.3 Å². The molecule has 0 saturated heterocycles. The normalized spacial score (nSPS) is 11.9. The van der Waals surface area contributed by atoms with E-state index in [1.54, 1.807) is 30.3 Å². The highest BCUT2D eigenvalue weighted by atomic mass is 32.2. The Hall–Kier alpha value is -2.61. The topological polar surface area (TPSA) is 52.0 Å². The minimum absolute atomic E-state index is 0.237. The van der Waals surface area contributed by atoms with E-state index in [0.717, 1.165) is 24.5 Å². The largest absolute Gasteiger partial charge is 0.282 e. The molecule has 0 saturated carbocycles. The number of rotatable bonds is 4. The van der Waals surface area contributed by atoms with Crippen LogP contribution in [0.3, 0.4) is 0 Å². The Bertz CT molecular complexity index is 1020. The quantitative estimate of drug-likeness (QED) is 0.701. The summed E-state index contributed by atoms with van der Waals surface area (Å²) in [5.74, 6) is -0.945. The molecule has 1 aromatic heterocycles. The van der Waals surface area contributed by atoms with Gasteiger partial charge in [0.15, 0.2) is 9.84 Å².